The molecule has 0 aliphatic rings. The SMILES string of the molecule is Clc1cccc(Cl)c1[N-]CC(C[N-]c1c(Cl)cccc1Cl)c1ccccc1.[Cu+2]. The average molecular weight is 502 g/mol. The van der Waals surface area contributed by atoms with Crippen LogP contribution in [0.2, 0.25) is 20.1 Å². The molecule has 0 aliphatic heterocycles. The van der Waals surface area contributed by atoms with Crippen LogP contribution in [0.1, 0.15) is 11.5 Å². The minimum atomic E-state index is 0. The number of halogens is 4. The van der Waals surface area contributed by atoms with Crippen molar-refractivity contribution >= 4 is 57.8 Å². The Morgan fingerprint density at radius 1 is 0.571 bits per heavy atom. The van der Waals surface area contributed by atoms with Crippen LogP contribution in [0.15, 0.2) is 66.7 Å². The van der Waals surface area contributed by atoms with Crippen molar-refractivity contribution in [3.05, 3.63) is 103 Å². The largest absolute Gasteiger partial charge is 2.00 e. The van der Waals surface area contributed by atoms with Crippen molar-refractivity contribution in [3.8, 4) is 0 Å². The second-order valence-electron chi connectivity index (χ2n) is 5.93. The molecule has 3 aromatic rings. The van der Waals surface area contributed by atoms with Crippen LogP contribution in [0.25, 0.3) is 10.6 Å². The summed E-state index contributed by atoms with van der Waals surface area (Å²) in [6.07, 6.45) is 0. The van der Waals surface area contributed by atoms with Gasteiger partial charge in [0.15, 0.2) is 0 Å². The summed E-state index contributed by atoms with van der Waals surface area (Å²) in [6.45, 7) is 0.970. The van der Waals surface area contributed by atoms with Crippen molar-refractivity contribution in [2.75, 3.05) is 13.1 Å². The summed E-state index contributed by atoms with van der Waals surface area (Å²) in [5.74, 6) is 0.0332. The maximum atomic E-state index is 6.24. The van der Waals surface area contributed by atoms with E-state index in [1.54, 1.807) is 36.4 Å². The van der Waals surface area contributed by atoms with E-state index in [0.29, 0.717) is 44.6 Å². The first kappa shape index (κ1) is 23.2. The first-order valence-electron chi connectivity index (χ1n) is 8.34. The van der Waals surface area contributed by atoms with Gasteiger partial charge in [-0.25, -0.2) is 0 Å². The third-order valence-electron chi connectivity index (χ3n) is 4.09. The number of hydrogen-bond donors (Lipinski definition) is 0. The van der Waals surface area contributed by atoms with Crippen molar-refractivity contribution in [2.45, 2.75) is 5.92 Å². The molecule has 0 atom stereocenters. The van der Waals surface area contributed by atoms with Gasteiger partial charge in [0, 0.05) is 20.1 Å². The Morgan fingerprint density at radius 2 is 0.964 bits per heavy atom. The Morgan fingerprint density at radius 3 is 1.36 bits per heavy atom. The molecule has 0 fully saturated rings. The van der Waals surface area contributed by atoms with Crippen LogP contribution < -0.4 is 0 Å². The Hall–Kier alpha value is -1.06. The van der Waals surface area contributed by atoms with Gasteiger partial charge in [-0.3, -0.25) is 0 Å². The predicted octanol–water partition coefficient (Wildman–Crippen LogP) is 8.79. The van der Waals surface area contributed by atoms with E-state index in [1.807, 2.05) is 18.2 Å². The van der Waals surface area contributed by atoms with Crippen molar-refractivity contribution < 1.29 is 17.1 Å². The number of benzene rings is 3. The van der Waals surface area contributed by atoms with Crippen molar-refractivity contribution in [3.63, 3.8) is 0 Å². The zero-order chi connectivity index (χ0) is 19.2. The predicted molar refractivity (Wildman–Crippen MR) is 118 cm³/mol. The van der Waals surface area contributed by atoms with Gasteiger partial charge in [0.05, 0.1) is 0 Å². The van der Waals surface area contributed by atoms with Gasteiger partial charge in [0.1, 0.15) is 0 Å². The van der Waals surface area contributed by atoms with E-state index in [-0.39, 0.29) is 23.0 Å². The second kappa shape index (κ2) is 11.2. The number of nitrogens with zero attached hydrogens (tertiary/aromatic N) is 2. The van der Waals surface area contributed by atoms with E-state index in [1.165, 1.54) is 0 Å². The minimum absolute atomic E-state index is 0. The Balaban J connectivity index is 0.00000280. The normalized spacial score (nSPS) is 10.5. The molecule has 0 bridgehead atoms. The first-order valence-corrected chi connectivity index (χ1v) is 9.85. The number of rotatable bonds is 7. The van der Waals surface area contributed by atoms with Crippen molar-refractivity contribution in [2.24, 2.45) is 0 Å². The molecule has 0 aliphatic carbocycles. The molecule has 0 unspecified atom stereocenters. The third kappa shape index (κ3) is 5.97. The van der Waals surface area contributed by atoms with Crippen LogP contribution in [-0.2, 0) is 17.1 Å². The molecule has 0 saturated carbocycles. The number of para-hydroxylation sites is 2. The molecule has 0 spiro atoms. The first-order chi connectivity index (χ1) is 13.1. The van der Waals surface area contributed by atoms with Crippen LogP contribution in [0, 0.1) is 0 Å². The molecule has 149 valence electrons. The Kier molecular flexibility index (Phi) is 9.30. The van der Waals surface area contributed by atoms with Gasteiger partial charge in [-0.15, -0.1) is 24.5 Å². The van der Waals surface area contributed by atoms with Crippen LogP contribution in [-0.4, -0.2) is 13.1 Å². The summed E-state index contributed by atoms with van der Waals surface area (Å²) in [7, 11) is 0. The topological polar surface area (TPSA) is 28.2 Å². The smallest absolute Gasteiger partial charge is 0.681 e. The average Bonchev–Trinajstić information content (AvgIpc) is 2.66. The monoisotopic (exact) mass is 499 g/mol. The van der Waals surface area contributed by atoms with Crippen LogP contribution >= 0.6 is 46.4 Å². The minimum Gasteiger partial charge on any atom is -0.681 e. The van der Waals surface area contributed by atoms with Crippen LogP contribution in [0.5, 0.6) is 0 Å². The van der Waals surface area contributed by atoms with Gasteiger partial charge in [0.2, 0.25) is 0 Å². The molecule has 0 amide bonds. The fourth-order valence-electron chi connectivity index (χ4n) is 2.68. The summed E-state index contributed by atoms with van der Waals surface area (Å²) in [6, 6.07) is 20.8. The van der Waals surface area contributed by atoms with Gasteiger partial charge in [0.25, 0.3) is 0 Å². The molecule has 28 heavy (non-hydrogen) atoms. The molecule has 3 rings (SSSR count). The van der Waals surface area contributed by atoms with Crippen LogP contribution in [0.3, 0.4) is 0 Å². The maximum Gasteiger partial charge on any atom is 2.00 e. The fourth-order valence-corrected chi connectivity index (χ4v) is 3.71. The summed E-state index contributed by atoms with van der Waals surface area (Å²) in [4.78, 5) is 0. The van der Waals surface area contributed by atoms with Gasteiger partial charge >= 0.3 is 17.1 Å². The summed E-state index contributed by atoms with van der Waals surface area (Å²) < 4.78 is 0. The summed E-state index contributed by atoms with van der Waals surface area (Å²) in [5.41, 5.74) is 2.31. The standard InChI is InChI=1S/C21H16Cl4N2.Cu/c22-16-8-4-9-17(23)20(16)26-12-15(14-6-2-1-3-7-14)13-27-21-18(24)10-5-11-19(21)25;/h1-11,15H,12-13H2;/q-2;+2. The van der Waals surface area contributed by atoms with Crippen LogP contribution in [0.4, 0.5) is 11.4 Å². The van der Waals surface area contributed by atoms with Crippen molar-refractivity contribution in [1.82, 2.24) is 0 Å². The van der Waals surface area contributed by atoms with E-state index in [4.69, 9.17) is 46.4 Å². The molecule has 0 N–H and O–H groups in total. The molecule has 0 heterocycles. The molecule has 3 aromatic carbocycles. The fraction of sp³-hybridized carbons (Fsp3) is 0.143. The maximum absolute atomic E-state index is 6.24. The molecule has 1 radical (unpaired) electrons. The Labute approximate surface area is 196 Å². The van der Waals surface area contributed by atoms with Crippen molar-refractivity contribution in [1.29, 1.82) is 0 Å². The third-order valence-corrected chi connectivity index (χ3v) is 5.31. The van der Waals surface area contributed by atoms with E-state index >= 15 is 0 Å². The second-order valence-corrected chi connectivity index (χ2v) is 7.56. The Bertz CT molecular complexity index is 810. The quantitative estimate of drug-likeness (QED) is 0.289. The number of hydrogen-bond acceptors (Lipinski definition) is 0. The van der Waals surface area contributed by atoms with Gasteiger partial charge in [-0.05, 0) is 35.7 Å². The van der Waals surface area contributed by atoms with E-state index in [9.17, 15) is 0 Å². The zero-order valence-corrected chi connectivity index (χ0v) is 18.5. The van der Waals surface area contributed by atoms with E-state index in [0.717, 1.165) is 5.56 Å². The molecule has 0 aromatic heterocycles. The van der Waals surface area contributed by atoms with Gasteiger partial charge in [-0.2, -0.15) is 0 Å². The molecule has 2 nitrogen and oxygen atoms in total. The van der Waals surface area contributed by atoms with Gasteiger partial charge in [-0.1, -0.05) is 88.9 Å². The van der Waals surface area contributed by atoms with E-state index in [2.05, 4.69) is 22.8 Å². The molecular weight excluding hydrogens is 486 g/mol. The summed E-state index contributed by atoms with van der Waals surface area (Å²) in [5, 5.41) is 11.4. The molecular formula is C21H16Cl4CuN2. The van der Waals surface area contributed by atoms with E-state index < -0.39 is 0 Å². The zero-order valence-electron chi connectivity index (χ0n) is 14.6. The molecule has 7 heteroatoms. The molecule has 0 saturated heterocycles. The van der Waals surface area contributed by atoms with Gasteiger partial charge < -0.3 is 10.6 Å². The summed E-state index contributed by atoms with van der Waals surface area (Å²) >= 11 is 24.9.